The summed E-state index contributed by atoms with van der Waals surface area (Å²) in [5.41, 5.74) is 3.30. The summed E-state index contributed by atoms with van der Waals surface area (Å²) in [6, 6.07) is 13.2. The molecule has 6 heteroatoms. The fourth-order valence-electron chi connectivity index (χ4n) is 2.87. The highest BCUT2D eigenvalue weighted by molar-refractivity contribution is 8.00. The third-order valence-corrected chi connectivity index (χ3v) is 5.06. The third-order valence-electron chi connectivity index (χ3n) is 4.02. The van der Waals surface area contributed by atoms with Gasteiger partial charge in [0.25, 0.3) is 5.56 Å². The Kier molecular flexibility index (Phi) is 5.13. The fourth-order valence-corrected chi connectivity index (χ4v) is 3.82. The third kappa shape index (κ3) is 3.51. The van der Waals surface area contributed by atoms with Crippen molar-refractivity contribution in [2.75, 3.05) is 7.11 Å². The van der Waals surface area contributed by atoms with E-state index in [9.17, 15) is 9.59 Å². The number of esters is 1. The summed E-state index contributed by atoms with van der Waals surface area (Å²) in [6.45, 7) is 5.71. The molecule has 134 valence electrons. The number of rotatable bonds is 4. The van der Waals surface area contributed by atoms with E-state index in [0.717, 1.165) is 16.8 Å². The molecule has 0 fully saturated rings. The molecule has 0 radical (unpaired) electrons. The molecule has 0 aliphatic carbocycles. The van der Waals surface area contributed by atoms with Crippen molar-refractivity contribution in [1.29, 1.82) is 0 Å². The number of benzene rings is 2. The molecule has 1 atom stereocenters. The van der Waals surface area contributed by atoms with Crippen LogP contribution in [0.25, 0.3) is 16.6 Å². The van der Waals surface area contributed by atoms with Gasteiger partial charge in [-0.15, -0.1) is 0 Å². The van der Waals surface area contributed by atoms with Crippen LogP contribution in [0, 0.1) is 13.8 Å². The monoisotopic (exact) mass is 368 g/mol. The van der Waals surface area contributed by atoms with Crippen molar-refractivity contribution < 1.29 is 9.53 Å². The Balaban J connectivity index is 2.27. The van der Waals surface area contributed by atoms with E-state index in [1.165, 1.54) is 18.9 Å². The lowest BCUT2D eigenvalue weighted by molar-refractivity contribution is -0.139. The maximum atomic E-state index is 13.2. The second kappa shape index (κ2) is 7.33. The molecule has 0 N–H and O–H groups in total. The molecular weight excluding hydrogens is 348 g/mol. The summed E-state index contributed by atoms with van der Waals surface area (Å²) in [5, 5.41) is 0.531. The molecule has 3 rings (SSSR count). The molecule has 26 heavy (non-hydrogen) atoms. The van der Waals surface area contributed by atoms with Crippen molar-refractivity contribution >= 4 is 28.6 Å². The second-order valence-electron chi connectivity index (χ2n) is 6.18. The van der Waals surface area contributed by atoms with Crippen LogP contribution in [-0.4, -0.2) is 27.9 Å². The maximum Gasteiger partial charge on any atom is 0.318 e. The van der Waals surface area contributed by atoms with Gasteiger partial charge in [0, 0.05) is 0 Å². The number of methoxy groups -OCH3 is 1. The smallest absolute Gasteiger partial charge is 0.318 e. The number of aryl methyl sites for hydroxylation is 2. The van der Waals surface area contributed by atoms with E-state index in [0.29, 0.717) is 16.1 Å². The number of hydrogen-bond acceptors (Lipinski definition) is 5. The molecule has 3 aromatic rings. The number of thioether (sulfide) groups is 1. The van der Waals surface area contributed by atoms with E-state index < -0.39 is 5.25 Å². The number of carbonyl (C=O) groups excluding carboxylic acids is 1. The Hall–Kier alpha value is -2.60. The zero-order chi connectivity index (χ0) is 18.8. The fraction of sp³-hybridized carbons (Fsp3) is 0.250. The number of ether oxygens (including phenoxy) is 1. The maximum absolute atomic E-state index is 13.2. The average Bonchev–Trinajstić information content (AvgIpc) is 2.60. The normalized spacial score (nSPS) is 12.2. The predicted octanol–water partition coefficient (Wildman–Crippen LogP) is 3.66. The molecule has 1 aromatic heterocycles. The van der Waals surface area contributed by atoms with Crippen LogP contribution in [0.15, 0.2) is 52.4 Å². The van der Waals surface area contributed by atoms with E-state index in [1.807, 2.05) is 44.2 Å². The summed E-state index contributed by atoms with van der Waals surface area (Å²) >= 11 is 1.22. The van der Waals surface area contributed by atoms with E-state index >= 15 is 0 Å². The van der Waals surface area contributed by atoms with Crippen molar-refractivity contribution in [2.45, 2.75) is 31.2 Å². The lowest BCUT2D eigenvalue weighted by Crippen LogP contribution is -2.24. The predicted molar refractivity (Wildman–Crippen MR) is 104 cm³/mol. The molecule has 0 bridgehead atoms. The van der Waals surface area contributed by atoms with Crippen molar-refractivity contribution in [2.24, 2.45) is 0 Å². The summed E-state index contributed by atoms with van der Waals surface area (Å²) in [7, 11) is 1.35. The van der Waals surface area contributed by atoms with Gasteiger partial charge in [-0.1, -0.05) is 30.0 Å². The largest absolute Gasteiger partial charge is 0.468 e. The molecule has 0 unspecified atom stereocenters. The minimum Gasteiger partial charge on any atom is -0.468 e. The van der Waals surface area contributed by atoms with Gasteiger partial charge in [0.05, 0.1) is 23.7 Å². The Morgan fingerprint density at radius 3 is 2.46 bits per heavy atom. The molecule has 0 saturated heterocycles. The molecule has 5 nitrogen and oxygen atoms in total. The first-order valence-electron chi connectivity index (χ1n) is 8.25. The first-order valence-corrected chi connectivity index (χ1v) is 9.13. The highest BCUT2D eigenvalue weighted by Gasteiger charge is 2.20. The number of para-hydroxylation sites is 1. The van der Waals surface area contributed by atoms with Crippen LogP contribution in [0.2, 0.25) is 0 Å². The summed E-state index contributed by atoms with van der Waals surface area (Å²) in [6.07, 6.45) is 0. The Morgan fingerprint density at radius 1 is 1.15 bits per heavy atom. The van der Waals surface area contributed by atoms with Crippen LogP contribution < -0.4 is 5.56 Å². The second-order valence-corrected chi connectivity index (χ2v) is 7.49. The molecule has 0 aliphatic heterocycles. The van der Waals surface area contributed by atoms with Crippen LogP contribution in [0.1, 0.15) is 18.1 Å². The lowest BCUT2D eigenvalue weighted by atomic mass is 10.1. The van der Waals surface area contributed by atoms with Crippen LogP contribution in [0.3, 0.4) is 0 Å². The molecular formula is C20H20N2O3S. The van der Waals surface area contributed by atoms with Gasteiger partial charge in [0.15, 0.2) is 5.16 Å². The number of nitrogens with zero attached hydrogens (tertiary/aromatic N) is 2. The van der Waals surface area contributed by atoms with Crippen molar-refractivity contribution in [3.05, 3.63) is 63.9 Å². The number of hydrogen-bond donors (Lipinski definition) is 0. The Labute approximate surface area is 156 Å². The number of aromatic nitrogens is 2. The standard InChI is InChI=1S/C20H20N2O3S/c1-12-9-13(2)11-15(10-12)22-18(23)16-7-5-6-8-17(16)21-20(22)26-14(3)19(24)25-4/h5-11,14H,1-4H3/t14-/m0/s1. The van der Waals surface area contributed by atoms with Gasteiger partial charge in [-0.05, 0) is 56.2 Å². The van der Waals surface area contributed by atoms with E-state index in [-0.39, 0.29) is 11.5 Å². The number of fused-ring (bicyclic) bond motifs is 1. The van der Waals surface area contributed by atoms with Gasteiger partial charge in [-0.3, -0.25) is 14.2 Å². The zero-order valence-electron chi connectivity index (χ0n) is 15.1. The van der Waals surface area contributed by atoms with E-state index in [4.69, 9.17) is 4.74 Å². The van der Waals surface area contributed by atoms with Crippen LogP contribution in [0.4, 0.5) is 0 Å². The highest BCUT2D eigenvalue weighted by Crippen LogP contribution is 2.26. The SMILES string of the molecule is COC(=O)[C@H](C)Sc1nc2ccccc2c(=O)n1-c1cc(C)cc(C)c1. The van der Waals surface area contributed by atoms with E-state index in [2.05, 4.69) is 4.98 Å². The molecule has 2 aromatic carbocycles. The summed E-state index contributed by atoms with van der Waals surface area (Å²) < 4.78 is 6.39. The van der Waals surface area contributed by atoms with Crippen molar-refractivity contribution in [3.8, 4) is 5.69 Å². The van der Waals surface area contributed by atoms with Crippen LogP contribution >= 0.6 is 11.8 Å². The van der Waals surface area contributed by atoms with Gasteiger partial charge in [-0.25, -0.2) is 4.98 Å². The van der Waals surface area contributed by atoms with E-state index in [1.54, 1.807) is 23.6 Å². The van der Waals surface area contributed by atoms with Crippen molar-refractivity contribution in [3.63, 3.8) is 0 Å². The quantitative estimate of drug-likeness (QED) is 0.400. The van der Waals surface area contributed by atoms with Crippen molar-refractivity contribution in [1.82, 2.24) is 9.55 Å². The van der Waals surface area contributed by atoms with Gasteiger partial charge < -0.3 is 4.74 Å². The Morgan fingerprint density at radius 2 is 1.81 bits per heavy atom. The van der Waals surface area contributed by atoms with Gasteiger partial charge in [0.1, 0.15) is 5.25 Å². The average molecular weight is 368 g/mol. The summed E-state index contributed by atoms with van der Waals surface area (Å²) in [4.78, 5) is 29.7. The minimum absolute atomic E-state index is 0.153. The van der Waals surface area contributed by atoms with Crippen LogP contribution in [0.5, 0.6) is 0 Å². The van der Waals surface area contributed by atoms with Gasteiger partial charge in [-0.2, -0.15) is 0 Å². The topological polar surface area (TPSA) is 61.2 Å². The number of carbonyl (C=O) groups is 1. The minimum atomic E-state index is -0.481. The molecule has 1 heterocycles. The zero-order valence-corrected chi connectivity index (χ0v) is 16.0. The van der Waals surface area contributed by atoms with Gasteiger partial charge >= 0.3 is 5.97 Å². The first-order chi connectivity index (χ1) is 12.4. The molecule has 0 amide bonds. The molecule has 0 saturated carbocycles. The van der Waals surface area contributed by atoms with Gasteiger partial charge in [0.2, 0.25) is 0 Å². The summed E-state index contributed by atoms with van der Waals surface area (Å²) in [5.74, 6) is -0.357. The lowest BCUT2D eigenvalue weighted by Gasteiger charge is -2.16. The highest BCUT2D eigenvalue weighted by atomic mass is 32.2. The molecule has 0 spiro atoms. The Bertz CT molecular complexity index is 1020. The molecule has 0 aliphatic rings. The first kappa shape index (κ1) is 18.2. The van der Waals surface area contributed by atoms with Crippen LogP contribution in [-0.2, 0) is 9.53 Å².